The first-order valence-corrected chi connectivity index (χ1v) is 8.04. The van der Waals surface area contributed by atoms with Crippen molar-refractivity contribution in [2.24, 2.45) is 5.41 Å². The van der Waals surface area contributed by atoms with Gasteiger partial charge in [-0.05, 0) is 31.4 Å². The topological polar surface area (TPSA) is 21.3 Å². The molecule has 3 heteroatoms. The second kappa shape index (κ2) is 5.32. The van der Waals surface area contributed by atoms with E-state index in [1.807, 2.05) is 11.3 Å². The number of thiophene rings is 1. The van der Waals surface area contributed by atoms with Gasteiger partial charge in [0.1, 0.15) is 6.10 Å². The van der Waals surface area contributed by atoms with Crippen molar-refractivity contribution in [1.29, 1.82) is 0 Å². The fourth-order valence-electron chi connectivity index (χ4n) is 3.24. The molecule has 0 radical (unpaired) electrons. The molecule has 1 aliphatic carbocycles. The number of ether oxygens (including phenoxy) is 1. The van der Waals surface area contributed by atoms with E-state index >= 15 is 0 Å². The molecule has 3 rings (SSSR count). The van der Waals surface area contributed by atoms with E-state index in [-0.39, 0.29) is 6.10 Å². The minimum absolute atomic E-state index is 0.273. The van der Waals surface area contributed by atoms with E-state index in [0.717, 1.165) is 26.1 Å². The van der Waals surface area contributed by atoms with Crippen LogP contribution in [0.2, 0.25) is 0 Å². The third-order valence-corrected chi connectivity index (χ3v) is 5.75. The summed E-state index contributed by atoms with van der Waals surface area (Å²) in [4.78, 5) is 2.86. The van der Waals surface area contributed by atoms with Gasteiger partial charge in [-0.15, -0.1) is 11.3 Å². The second-order valence-corrected chi connectivity index (χ2v) is 7.00. The van der Waals surface area contributed by atoms with Crippen LogP contribution in [-0.4, -0.2) is 19.7 Å². The van der Waals surface area contributed by atoms with Crippen molar-refractivity contribution >= 4 is 11.3 Å². The van der Waals surface area contributed by atoms with E-state index in [2.05, 4.69) is 24.4 Å². The predicted molar refractivity (Wildman–Crippen MR) is 76.2 cm³/mol. The van der Waals surface area contributed by atoms with Gasteiger partial charge in [0.05, 0.1) is 6.61 Å². The molecule has 0 amide bonds. The number of rotatable bonds is 2. The van der Waals surface area contributed by atoms with Crippen LogP contribution in [0.25, 0.3) is 0 Å². The van der Waals surface area contributed by atoms with Gasteiger partial charge in [-0.2, -0.15) is 0 Å². The lowest BCUT2D eigenvalue weighted by Crippen LogP contribution is -2.32. The average Bonchev–Trinajstić information content (AvgIpc) is 2.98. The van der Waals surface area contributed by atoms with Crippen molar-refractivity contribution in [3.63, 3.8) is 0 Å². The Bertz CT molecular complexity index is 395. The van der Waals surface area contributed by atoms with Crippen LogP contribution in [0, 0.1) is 5.41 Å². The molecule has 2 nitrogen and oxygen atoms in total. The van der Waals surface area contributed by atoms with Crippen molar-refractivity contribution in [1.82, 2.24) is 5.32 Å². The maximum Gasteiger partial charge on any atom is 0.104 e. The molecule has 0 bridgehead atoms. The highest BCUT2D eigenvalue weighted by atomic mass is 32.1. The number of hydrogen-bond acceptors (Lipinski definition) is 3. The van der Waals surface area contributed by atoms with Gasteiger partial charge in [0.15, 0.2) is 0 Å². The summed E-state index contributed by atoms with van der Waals surface area (Å²) < 4.78 is 6.23. The zero-order valence-electron chi connectivity index (χ0n) is 11.2. The Labute approximate surface area is 114 Å². The third-order valence-electron chi connectivity index (χ3n) is 4.43. The van der Waals surface area contributed by atoms with Crippen LogP contribution in [0.1, 0.15) is 48.5 Å². The molecule has 1 N–H and O–H groups in total. The molecular weight excluding hydrogens is 242 g/mol. The average molecular weight is 265 g/mol. The minimum atomic E-state index is 0.273. The Hall–Kier alpha value is -0.380. The van der Waals surface area contributed by atoms with Crippen molar-refractivity contribution in [3.8, 4) is 0 Å². The molecule has 1 aromatic heterocycles. The number of aryl methyl sites for hydroxylation is 1. The Morgan fingerprint density at radius 3 is 2.94 bits per heavy atom. The van der Waals surface area contributed by atoms with Gasteiger partial charge in [-0.25, -0.2) is 0 Å². The van der Waals surface area contributed by atoms with Crippen molar-refractivity contribution < 1.29 is 4.74 Å². The minimum Gasteiger partial charge on any atom is -0.371 e. The van der Waals surface area contributed by atoms with Crippen LogP contribution in [0.5, 0.6) is 0 Å². The van der Waals surface area contributed by atoms with E-state index < -0.39 is 0 Å². The molecule has 1 atom stereocenters. The standard InChI is InChI=1S/C15H23NOS/c1-2-12-5-6-14(18-12)13-9-16-10-15(11-17-13)7-3-4-8-15/h5-6,13,16H,2-4,7-11H2,1H3. The van der Waals surface area contributed by atoms with E-state index in [9.17, 15) is 0 Å². The molecule has 2 heterocycles. The van der Waals surface area contributed by atoms with E-state index in [1.165, 1.54) is 35.4 Å². The fourth-order valence-corrected chi connectivity index (χ4v) is 4.24. The predicted octanol–water partition coefficient (Wildman–Crippen LogP) is 3.53. The number of hydrogen-bond donors (Lipinski definition) is 1. The molecule has 2 fully saturated rings. The molecule has 1 saturated heterocycles. The van der Waals surface area contributed by atoms with Crippen LogP contribution in [0.4, 0.5) is 0 Å². The van der Waals surface area contributed by atoms with Crippen LogP contribution >= 0.6 is 11.3 Å². The molecule has 1 unspecified atom stereocenters. The molecule has 0 aromatic carbocycles. The van der Waals surface area contributed by atoms with Crippen LogP contribution in [-0.2, 0) is 11.2 Å². The molecule has 2 aliphatic rings. The van der Waals surface area contributed by atoms with E-state index in [1.54, 1.807) is 0 Å². The summed E-state index contributed by atoms with van der Waals surface area (Å²) in [5.74, 6) is 0. The molecule has 18 heavy (non-hydrogen) atoms. The summed E-state index contributed by atoms with van der Waals surface area (Å²) >= 11 is 1.91. The fraction of sp³-hybridized carbons (Fsp3) is 0.733. The normalized spacial score (nSPS) is 27.5. The van der Waals surface area contributed by atoms with Crippen LogP contribution < -0.4 is 5.32 Å². The highest BCUT2D eigenvalue weighted by Gasteiger charge is 2.36. The summed E-state index contributed by atoms with van der Waals surface area (Å²) in [5.41, 5.74) is 0.444. The van der Waals surface area contributed by atoms with Crippen LogP contribution in [0.15, 0.2) is 12.1 Å². The largest absolute Gasteiger partial charge is 0.371 e. The second-order valence-electron chi connectivity index (χ2n) is 5.80. The van der Waals surface area contributed by atoms with Gasteiger partial charge in [0.2, 0.25) is 0 Å². The molecule has 1 aromatic rings. The summed E-state index contributed by atoms with van der Waals surface area (Å²) in [6.45, 7) is 5.29. The maximum atomic E-state index is 6.23. The Balaban J connectivity index is 1.68. The lowest BCUT2D eigenvalue weighted by molar-refractivity contribution is 0.0175. The van der Waals surface area contributed by atoms with Gasteiger partial charge in [-0.3, -0.25) is 0 Å². The zero-order chi connectivity index (χ0) is 12.4. The summed E-state index contributed by atoms with van der Waals surface area (Å²) in [5, 5.41) is 3.64. The van der Waals surface area contributed by atoms with Crippen LogP contribution in [0.3, 0.4) is 0 Å². The highest BCUT2D eigenvalue weighted by Crippen LogP contribution is 2.40. The molecule has 1 aliphatic heterocycles. The Morgan fingerprint density at radius 2 is 2.22 bits per heavy atom. The molecule has 1 saturated carbocycles. The first kappa shape index (κ1) is 12.6. The zero-order valence-corrected chi connectivity index (χ0v) is 12.0. The third kappa shape index (κ3) is 2.49. The monoisotopic (exact) mass is 265 g/mol. The van der Waals surface area contributed by atoms with E-state index in [4.69, 9.17) is 4.74 Å². The SMILES string of the molecule is CCc1ccc(C2CNCC3(CCCC3)CO2)s1. The van der Waals surface area contributed by atoms with Crippen molar-refractivity contribution in [2.75, 3.05) is 19.7 Å². The molecular formula is C15H23NOS. The van der Waals surface area contributed by atoms with E-state index in [0.29, 0.717) is 5.41 Å². The van der Waals surface area contributed by atoms with Gasteiger partial charge < -0.3 is 10.1 Å². The summed E-state index contributed by atoms with van der Waals surface area (Å²) in [6.07, 6.45) is 6.86. The molecule has 100 valence electrons. The highest BCUT2D eigenvalue weighted by molar-refractivity contribution is 7.12. The smallest absolute Gasteiger partial charge is 0.104 e. The number of nitrogens with one attached hydrogen (secondary N) is 1. The molecule has 1 spiro atoms. The Kier molecular flexibility index (Phi) is 3.73. The van der Waals surface area contributed by atoms with Gasteiger partial charge in [0.25, 0.3) is 0 Å². The van der Waals surface area contributed by atoms with Gasteiger partial charge >= 0.3 is 0 Å². The lowest BCUT2D eigenvalue weighted by Gasteiger charge is -2.26. The first-order valence-electron chi connectivity index (χ1n) is 7.22. The van der Waals surface area contributed by atoms with Gasteiger partial charge in [0, 0.05) is 28.3 Å². The quantitative estimate of drug-likeness (QED) is 0.883. The lowest BCUT2D eigenvalue weighted by atomic mass is 9.87. The van der Waals surface area contributed by atoms with Gasteiger partial charge in [-0.1, -0.05) is 19.8 Å². The van der Waals surface area contributed by atoms with Crippen molar-refractivity contribution in [2.45, 2.75) is 45.1 Å². The summed E-state index contributed by atoms with van der Waals surface area (Å²) in [7, 11) is 0. The Morgan fingerprint density at radius 1 is 1.39 bits per heavy atom. The van der Waals surface area contributed by atoms with Crippen molar-refractivity contribution in [3.05, 3.63) is 21.9 Å². The first-order chi connectivity index (χ1) is 8.81. The maximum absolute atomic E-state index is 6.23. The summed E-state index contributed by atoms with van der Waals surface area (Å²) in [6, 6.07) is 4.50.